The van der Waals surface area contributed by atoms with Gasteiger partial charge in [0.05, 0.1) is 6.42 Å². The number of carbonyl (C=O) groups is 1. The normalized spacial score (nSPS) is 24.9. The first kappa shape index (κ1) is 14.1. The summed E-state index contributed by atoms with van der Waals surface area (Å²) in [6.07, 6.45) is 0.749. The van der Waals surface area contributed by atoms with Gasteiger partial charge in [0.15, 0.2) is 4.77 Å². The van der Waals surface area contributed by atoms with Crippen molar-refractivity contribution in [3.63, 3.8) is 0 Å². The highest BCUT2D eigenvalue weighted by atomic mass is 79.9. The summed E-state index contributed by atoms with van der Waals surface area (Å²) in [5.41, 5.74) is 1.99. The smallest absolute Gasteiger partial charge is 0.309 e. The molecule has 1 aliphatic heterocycles. The lowest BCUT2D eigenvalue weighted by Crippen LogP contribution is -2.14. The molecule has 4 rings (SSSR count). The van der Waals surface area contributed by atoms with E-state index in [1.165, 1.54) is 6.07 Å². The van der Waals surface area contributed by atoms with Crippen LogP contribution in [0.25, 0.3) is 0 Å². The standard InChI is InChI=1S/C15H12BrFN2O2S/c16-7-1-2-10(17)8(3-7)15-5-9(15)13-11(4-12(20)21)18-14(22)19(13)6-15/h1-3,9H,4-6H2,(H,18,22)(H,20,21)/t9-,15+/m0/s1. The fourth-order valence-electron chi connectivity index (χ4n) is 3.76. The Hall–Kier alpha value is -1.47. The number of carboxylic acids is 1. The molecule has 114 valence electrons. The van der Waals surface area contributed by atoms with Crippen LogP contribution in [0.4, 0.5) is 4.39 Å². The molecule has 7 heteroatoms. The van der Waals surface area contributed by atoms with Crippen LogP contribution in [0.5, 0.6) is 0 Å². The van der Waals surface area contributed by atoms with Gasteiger partial charge in [0.2, 0.25) is 0 Å². The first-order chi connectivity index (χ1) is 10.4. The van der Waals surface area contributed by atoms with Crippen molar-refractivity contribution < 1.29 is 14.3 Å². The van der Waals surface area contributed by atoms with Gasteiger partial charge in [0, 0.05) is 33.7 Å². The first-order valence-electron chi connectivity index (χ1n) is 6.91. The molecule has 1 aliphatic carbocycles. The number of aromatic amines is 1. The van der Waals surface area contributed by atoms with Crippen molar-refractivity contribution in [1.29, 1.82) is 0 Å². The predicted molar refractivity (Wildman–Crippen MR) is 84.1 cm³/mol. The van der Waals surface area contributed by atoms with Crippen molar-refractivity contribution >= 4 is 34.1 Å². The number of carboxylic acid groups (broad SMARTS) is 1. The number of nitrogens with one attached hydrogen (secondary N) is 1. The Morgan fingerprint density at radius 2 is 2.36 bits per heavy atom. The molecule has 1 aromatic heterocycles. The van der Waals surface area contributed by atoms with Gasteiger partial charge in [-0.3, -0.25) is 4.79 Å². The number of fused-ring (bicyclic) bond motifs is 3. The number of aliphatic carboxylic acids is 1. The molecule has 2 aliphatic rings. The maximum atomic E-state index is 14.3. The van der Waals surface area contributed by atoms with E-state index in [9.17, 15) is 9.18 Å². The minimum atomic E-state index is -0.897. The van der Waals surface area contributed by atoms with Gasteiger partial charge >= 0.3 is 5.97 Å². The third-order valence-electron chi connectivity index (χ3n) is 4.74. The molecule has 0 unspecified atom stereocenters. The summed E-state index contributed by atoms with van der Waals surface area (Å²) in [6.45, 7) is 0.606. The Bertz CT molecular complexity index is 875. The van der Waals surface area contributed by atoms with Gasteiger partial charge in [-0.05, 0) is 42.4 Å². The number of nitrogens with zero attached hydrogens (tertiary/aromatic N) is 1. The number of aromatic nitrogens is 2. The van der Waals surface area contributed by atoms with E-state index in [1.807, 2.05) is 10.6 Å². The minimum Gasteiger partial charge on any atom is -0.481 e. The highest BCUT2D eigenvalue weighted by molar-refractivity contribution is 9.10. The second-order valence-corrected chi connectivity index (χ2v) is 7.29. The van der Waals surface area contributed by atoms with E-state index >= 15 is 0 Å². The molecule has 2 heterocycles. The van der Waals surface area contributed by atoms with Gasteiger partial charge in [-0.25, -0.2) is 4.39 Å². The van der Waals surface area contributed by atoms with Gasteiger partial charge < -0.3 is 14.7 Å². The molecule has 22 heavy (non-hydrogen) atoms. The number of benzene rings is 1. The van der Waals surface area contributed by atoms with Crippen molar-refractivity contribution in [1.82, 2.24) is 9.55 Å². The summed E-state index contributed by atoms with van der Waals surface area (Å²) >= 11 is 8.69. The van der Waals surface area contributed by atoms with Crippen LogP contribution < -0.4 is 0 Å². The van der Waals surface area contributed by atoms with Gasteiger partial charge in [0.1, 0.15) is 5.82 Å². The summed E-state index contributed by atoms with van der Waals surface area (Å²) in [6, 6.07) is 4.98. The van der Waals surface area contributed by atoms with E-state index in [1.54, 1.807) is 6.07 Å². The zero-order valence-electron chi connectivity index (χ0n) is 11.4. The summed E-state index contributed by atoms with van der Waals surface area (Å²) in [5.74, 6) is -0.976. The third-order valence-corrected chi connectivity index (χ3v) is 5.56. The summed E-state index contributed by atoms with van der Waals surface area (Å²) in [7, 11) is 0. The van der Waals surface area contributed by atoms with Crippen molar-refractivity contribution in [2.45, 2.75) is 30.7 Å². The highest BCUT2D eigenvalue weighted by Gasteiger charge is 2.63. The number of rotatable bonds is 3. The molecule has 1 aromatic carbocycles. The number of imidazole rings is 1. The van der Waals surface area contributed by atoms with Gasteiger partial charge in [-0.1, -0.05) is 15.9 Å². The highest BCUT2D eigenvalue weighted by Crippen LogP contribution is 2.66. The van der Waals surface area contributed by atoms with Gasteiger partial charge in [0.25, 0.3) is 0 Å². The summed E-state index contributed by atoms with van der Waals surface area (Å²) in [4.78, 5) is 14.0. The number of hydrogen-bond acceptors (Lipinski definition) is 2. The Morgan fingerprint density at radius 3 is 3.09 bits per heavy atom. The maximum absolute atomic E-state index is 14.3. The molecule has 1 fully saturated rings. The zero-order chi connectivity index (χ0) is 15.6. The minimum absolute atomic E-state index is 0.0838. The van der Waals surface area contributed by atoms with E-state index in [2.05, 4.69) is 20.9 Å². The van der Waals surface area contributed by atoms with E-state index in [-0.39, 0.29) is 23.6 Å². The molecule has 0 spiro atoms. The van der Waals surface area contributed by atoms with Crippen molar-refractivity contribution in [3.05, 3.63) is 50.2 Å². The maximum Gasteiger partial charge on any atom is 0.309 e. The molecule has 0 saturated heterocycles. The Kier molecular flexibility index (Phi) is 2.90. The number of H-pyrrole nitrogens is 1. The Balaban J connectivity index is 1.80. The number of halogens is 2. The molecule has 0 bridgehead atoms. The van der Waals surface area contributed by atoms with Crippen LogP contribution in [-0.4, -0.2) is 20.6 Å². The lowest BCUT2D eigenvalue weighted by Gasteiger charge is -2.14. The molecule has 4 nitrogen and oxygen atoms in total. The molecule has 0 radical (unpaired) electrons. The topological polar surface area (TPSA) is 58.0 Å². The molecule has 2 atom stereocenters. The van der Waals surface area contributed by atoms with Gasteiger partial charge in [-0.2, -0.15) is 0 Å². The van der Waals surface area contributed by atoms with Crippen LogP contribution in [0.3, 0.4) is 0 Å². The first-order valence-corrected chi connectivity index (χ1v) is 8.11. The molecular formula is C15H12BrFN2O2S. The SMILES string of the molecule is O=C(O)Cc1[nH]c(=S)n2c1[C@@H]1C[C@]1(c1cc(Br)ccc1F)C2. The second-order valence-electron chi connectivity index (χ2n) is 5.99. The second kappa shape index (κ2) is 4.52. The van der Waals surface area contributed by atoms with Crippen LogP contribution in [0.1, 0.15) is 29.3 Å². The van der Waals surface area contributed by atoms with Crippen LogP contribution in [-0.2, 0) is 23.2 Å². The van der Waals surface area contributed by atoms with Crippen molar-refractivity contribution in [3.8, 4) is 0 Å². The Morgan fingerprint density at radius 1 is 1.59 bits per heavy atom. The van der Waals surface area contributed by atoms with Crippen LogP contribution in [0.2, 0.25) is 0 Å². The molecular weight excluding hydrogens is 371 g/mol. The van der Waals surface area contributed by atoms with E-state index in [0.29, 0.717) is 22.6 Å². The Labute approximate surface area is 139 Å². The molecule has 0 amide bonds. The molecule has 2 aromatic rings. The van der Waals surface area contributed by atoms with Crippen molar-refractivity contribution in [2.24, 2.45) is 0 Å². The average molecular weight is 383 g/mol. The van der Waals surface area contributed by atoms with Crippen LogP contribution in [0.15, 0.2) is 22.7 Å². The average Bonchev–Trinajstić information content (AvgIpc) is 2.94. The molecule has 1 saturated carbocycles. The monoisotopic (exact) mass is 382 g/mol. The lowest BCUT2D eigenvalue weighted by atomic mass is 9.93. The molecule has 2 N–H and O–H groups in total. The fourth-order valence-corrected chi connectivity index (χ4v) is 4.40. The quantitative estimate of drug-likeness (QED) is 0.798. The summed E-state index contributed by atoms with van der Waals surface area (Å²) in [5, 5.41) is 9.04. The van der Waals surface area contributed by atoms with E-state index in [0.717, 1.165) is 16.6 Å². The van der Waals surface area contributed by atoms with Gasteiger partial charge in [-0.15, -0.1) is 0 Å². The largest absolute Gasteiger partial charge is 0.481 e. The van der Waals surface area contributed by atoms with E-state index < -0.39 is 5.97 Å². The van der Waals surface area contributed by atoms with E-state index in [4.69, 9.17) is 17.3 Å². The third kappa shape index (κ3) is 1.85. The zero-order valence-corrected chi connectivity index (χ0v) is 13.8. The van der Waals surface area contributed by atoms with Crippen molar-refractivity contribution in [2.75, 3.05) is 0 Å². The van der Waals surface area contributed by atoms with Crippen LogP contribution in [0, 0.1) is 10.6 Å². The summed E-state index contributed by atoms with van der Waals surface area (Å²) < 4.78 is 17.6. The fraction of sp³-hybridized carbons (Fsp3) is 0.333. The predicted octanol–water partition coefficient (Wildman–Crippen LogP) is 3.51. The number of hydrogen-bond donors (Lipinski definition) is 2. The lowest BCUT2D eigenvalue weighted by molar-refractivity contribution is -0.136. The van der Waals surface area contributed by atoms with Crippen LogP contribution >= 0.6 is 28.1 Å².